The number of nitrogens with zero attached hydrogens (tertiary/aromatic N) is 3. The van der Waals surface area contributed by atoms with Crippen LogP contribution in [0.15, 0.2) is 91.3 Å². The van der Waals surface area contributed by atoms with Crippen LogP contribution in [0.4, 0.5) is 28.6 Å². The average molecular weight is 698 g/mol. The van der Waals surface area contributed by atoms with Crippen molar-refractivity contribution in [3.05, 3.63) is 125 Å². The second kappa shape index (κ2) is 15.2. The highest BCUT2D eigenvalue weighted by molar-refractivity contribution is 5.96. The number of nitrogens with one attached hydrogen (secondary N) is 2. The highest BCUT2D eigenvalue weighted by Crippen LogP contribution is 2.44. The molecule has 0 amide bonds. The number of morpholine rings is 1. The van der Waals surface area contributed by atoms with E-state index in [1.807, 2.05) is 68.6 Å². The van der Waals surface area contributed by atoms with E-state index in [1.165, 1.54) is 12.8 Å². The summed E-state index contributed by atoms with van der Waals surface area (Å²) >= 11 is 0. The third-order valence-corrected chi connectivity index (χ3v) is 9.61. The van der Waals surface area contributed by atoms with E-state index in [0.29, 0.717) is 42.0 Å². The number of hydrogen-bond acceptors (Lipinski definition) is 8. The fourth-order valence-electron chi connectivity index (χ4n) is 6.59. The molecule has 2 aromatic heterocycles. The van der Waals surface area contributed by atoms with Crippen molar-refractivity contribution in [2.45, 2.75) is 51.4 Å². The molecule has 10 nitrogen and oxygen atoms in total. The summed E-state index contributed by atoms with van der Waals surface area (Å²) < 4.78 is 5.37. The molecule has 3 aromatic carbocycles. The van der Waals surface area contributed by atoms with Gasteiger partial charge in [0, 0.05) is 24.6 Å². The molecule has 3 aliphatic rings. The molecule has 0 spiro atoms. The Morgan fingerprint density at radius 3 is 1.98 bits per heavy atom. The fraction of sp³-hybridized carbons (Fsp3) is 0.286. The summed E-state index contributed by atoms with van der Waals surface area (Å²) in [6, 6.07) is 25.4. The number of anilines is 5. The smallest absolute Gasteiger partial charge is 0.337 e. The number of rotatable bonds is 10. The maximum Gasteiger partial charge on any atom is 0.337 e. The van der Waals surface area contributed by atoms with E-state index < -0.39 is 11.9 Å². The second-order valence-electron chi connectivity index (χ2n) is 13.7. The molecule has 2 saturated carbocycles. The van der Waals surface area contributed by atoms with E-state index in [2.05, 4.69) is 38.7 Å². The first-order valence-electron chi connectivity index (χ1n) is 17.8. The molecule has 52 heavy (non-hydrogen) atoms. The average Bonchev–Trinajstić information content (AvgIpc) is 4.09. The largest absolute Gasteiger partial charge is 0.478 e. The second-order valence-corrected chi connectivity index (χ2v) is 13.7. The Morgan fingerprint density at radius 1 is 0.731 bits per heavy atom. The van der Waals surface area contributed by atoms with Crippen LogP contribution in [0.1, 0.15) is 80.6 Å². The Hall–Kier alpha value is -5.74. The number of aryl methyl sites for hydroxylation is 2. The lowest BCUT2D eigenvalue weighted by atomic mass is 10.0. The minimum atomic E-state index is -0.948. The van der Waals surface area contributed by atoms with Gasteiger partial charge < -0.3 is 30.5 Å². The molecule has 3 fully saturated rings. The van der Waals surface area contributed by atoms with Crippen molar-refractivity contribution in [2.24, 2.45) is 0 Å². The topological polar surface area (TPSA) is 137 Å². The molecule has 5 aromatic rings. The van der Waals surface area contributed by atoms with Gasteiger partial charge in [-0.2, -0.15) is 0 Å². The molecule has 10 heteroatoms. The Balaban J connectivity index is 0.000000164. The third kappa shape index (κ3) is 8.24. The van der Waals surface area contributed by atoms with Crippen LogP contribution < -0.4 is 15.5 Å². The van der Waals surface area contributed by atoms with E-state index in [1.54, 1.807) is 18.3 Å². The summed E-state index contributed by atoms with van der Waals surface area (Å²) in [6.45, 7) is 6.98. The predicted molar refractivity (Wildman–Crippen MR) is 204 cm³/mol. The molecule has 3 heterocycles. The fourth-order valence-corrected chi connectivity index (χ4v) is 6.59. The summed E-state index contributed by atoms with van der Waals surface area (Å²) in [5.41, 5.74) is 9.81. The van der Waals surface area contributed by atoms with Crippen molar-refractivity contribution in [3.8, 4) is 11.1 Å². The number of pyridine rings is 2. The van der Waals surface area contributed by atoms with Crippen LogP contribution >= 0.6 is 0 Å². The Morgan fingerprint density at radius 2 is 1.35 bits per heavy atom. The van der Waals surface area contributed by atoms with Crippen molar-refractivity contribution in [2.75, 3.05) is 41.8 Å². The lowest BCUT2D eigenvalue weighted by Gasteiger charge is -2.29. The van der Waals surface area contributed by atoms with E-state index in [0.717, 1.165) is 76.6 Å². The first kappa shape index (κ1) is 34.7. The summed E-state index contributed by atoms with van der Waals surface area (Å²) in [5, 5.41) is 25.5. The zero-order valence-electron chi connectivity index (χ0n) is 29.4. The number of carboxylic acid groups (broad SMARTS) is 2. The van der Waals surface area contributed by atoms with Gasteiger partial charge in [-0.1, -0.05) is 48.0 Å². The van der Waals surface area contributed by atoms with Gasteiger partial charge in [0.2, 0.25) is 0 Å². The summed E-state index contributed by atoms with van der Waals surface area (Å²) in [5.74, 6) is 0.158. The summed E-state index contributed by atoms with van der Waals surface area (Å²) in [7, 11) is 0. The Kier molecular flexibility index (Phi) is 10.2. The lowest BCUT2D eigenvalue weighted by molar-refractivity contribution is 0.0687. The van der Waals surface area contributed by atoms with E-state index in [9.17, 15) is 19.8 Å². The molecule has 4 N–H and O–H groups in total. The molecule has 266 valence electrons. The molecule has 1 saturated heterocycles. The minimum absolute atomic E-state index is 0.255. The van der Waals surface area contributed by atoms with Gasteiger partial charge in [-0.15, -0.1) is 0 Å². The number of hydrogen-bond donors (Lipinski definition) is 4. The van der Waals surface area contributed by atoms with E-state index in [-0.39, 0.29) is 5.56 Å². The van der Waals surface area contributed by atoms with Crippen molar-refractivity contribution in [1.29, 1.82) is 0 Å². The van der Waals surface area contributed by atoms with Gasteiger partial charge in [0.05, 0.1) is 65.2 Å². The highest BCUT2D eigenvalue weighted by atomic mass is 16.5. The van der Waals surface area contributed by atoms with Gasteiger partial charge in [0.15, 0.2) is 0 Å². The third-order valence-electron chi connectivity index (χ3n) is 9.61. The summed E-state index contributed by atoms with van der Waals surface area (Å²) in [6.07, 6.45) is 8.23. The molecule has 0 radical (unpaired) electrons. The molecular weight excluding hydrogens is 654 g/mol. The molecule has 0 bridgehead atoms. The minimum Gasteiger partial charge on any atom is -0.478 e. The number of carbonyl (C=O) groups is 2. The maximum absolute atomic E-state index is 11.8. The molecular formula is C42H43N5O5. The molecule has 0 unspecified atom stereocenters. The molecule has 0 atom stereocenters. The van der Waals surface area contributed by atoms with Crippen LogP contribution in [0.2, 0.25) is 0 Å². The highest BCUT2D eigenvalue weighted by Gasteiger charge is 2.29. The number of aromatic nitrogens is 2. The zero-order chi connectivity index (χ0) is 36.2. The SMILES string of the molecule is Cc1ccc(Nc2cnc(N3CCOCC3)c(C)c2)c(C(=O)O)c1.O=C(O)c1cc(C2CC2)ccc1Nc1cnc(C2CC2)c(-c2ccccc2)c1. The summed E-state index contributed by atoms with van der Waals surface area (Å²) in [4.78, 5) is 34.7. The van der Waals surface area contributed by atoms with Crippen molar-refractivity contribution in [3.63, 3.8) is 0 Å². The molecule has 2 aliphatic carbocycles. The first-order valence-corrected chi connectivity index (χ1v) is 17.8. The Bertz CT molecular complexity index is 2090. The standard InChI is InChI=1S/C24H22N2O2.C18H21N3O3/c27-24(28)21-12-18(15-6-7-15)10-11-22(21)26-19-13-20(16-4-2-1-3-5-16)23(25-14-19)17-8-9-17;1-12-3-4-16(15(9-12)18(22)23)20-14-10-13(2)17(19-11-14)21-5-7-24-8-6-21/h1-5,10-15,17,26H,6-9H2,(H,27,28);3-4,9-11,20H,5-8H2,1-2H3,(H,22,23). The van der Waals surface area contributed by atoms with Gasteiger partial charge >= 0.3 is 11.9 Å². The van der Waals surface area contributed by atoms with Crippen LogP contribution in [0.3, 0.4) is 0 Å². The van der Waals surface area contributed by atoms with Gasteiger partial charge in [-0.25, -0.2) is 14.6 Å². The van der Waals surface area contributed by atoms with Crippen LogP contribution in [-0.2, 0) is 4.74 Å². The predicted octanol–water partition coefficient (Wildman–Crippen LogP) is 8.92. The van der Waals surface area contributed by atoms with Crippen LogP contribution in [0.5, 0.6) is 0 Å². The van der Waals surface area contributed by atoms with Crippen molar-refractivity contribution >= 4 is 40.5 Å². The number of aromatic carboxylic acids is 2. The zero-order valence-corrected chi connectivity index (χ0v) is 29.4. The quantitative estimate of drug-likeness (QED) is 0.112. The maximum atomic E-state index is 11.8. The first-order chi connectivity index (χ1) is 25.2. The number of carboxylic acids is 2. The molecule has 1 aliphatic heterocycles. The number of ether oxygens (including phenoxy) is 1. The molecule has 8 rings (SSSR count). The van der Waals surface area contributed by atoms with Gasteiger partial charge in [-0.3, -0.25) is 4.98 Å². The van der Waals surface area contributed by atoms with E-state index in [4.69, 9.17) is 9.72 Å². The Labute approximate surface area is 303 Å². The van der Waals surface area contributed by atoms with Crippen LogP contribution in [-0.4, -0.2) is 58.4 Å². The van der Waals surface area contributed by atoms with Crippen molar-refractivity contribution < 1.29 is 24.5 Å². The number of benzene rings is 3. The lowest BCUT2D eigenvalue weighted by Crippen LogP contribution is -2.37. The normalized spacial score (nSPS) is 15.3. The van der Waals surface area contributed by atoms with Gasteiger partial charge in [0.25, 0.3) is 0 Å². The monoisotopic (exact) mass is 697 g/mol. The van der Waals surface area contributed by atoms with Crippen LogP contribution in [0.25, 0.3) is 11.1 Å². The van der Waals surface area contributed by atoms with Crippen LogP contribution in [0, 0.1) is 13.8 Å². The van der Waals surface area contributed by atoms with Gasteiger partial charge in [-0.05, 0) is 98.5 Å². The van der Waals surface area contributed by atoms with E-state index >= 15 is 0 Å². The van der Waals surface area contributed by atoms with Crippen molar-refractivity contribution in [1.82, 2.24) is 9.97 Å². The van der Waals surface area contributed by atoms with Gasteiger partial charge in [0.1, 0.15) is 5.82 Å².